The molecule has 17 heteroatoms. The number of fused-ring (bicyclic) bond motifs is 2. The van der Waals surface area contributed by atoms with Gasteiger partial charge in [-0.2, -0.15) is 23.1 Å². The Morgan fingerprint density at radius 3 is 2.67 bits per heavy atom. The predicted octanol–water partition coefficient (Wildman–Crippen LogP) is 4.38. The summed E-state index contributed by atoms with van der Waals surface area (Å²) in [4.78, 5) is 20.3. The molecule has 1 aromatic heterocycles. The van der Waals surface area contributed by atoms with Gasteiger partial charge in [-0.15, -0.1) is 0 Å². The summed E-state index contributed by atoms with van der Waals surface area (Å²) in [6.07, 6.45) is -4.75. The molecule has 0 radical (unpaired) electrons. The van der Waals surface area contributed by atoms with Crippen LogP contribution >= 0.6 is 11.6 Å². The van der Waals surface area contributed by atoms with Crippen LogP contribution < -0.4 is 21.1 Å². The Balaban J connectivity index is 1.25. The Hall–Kier alpha value is -3.31. The van der Waals surface area contributed by atoms with Crippen LogP contribution in [0, 0.1) is 5.82 Å². The highest BCUT2D eigenvalue weighted by molar-refractivity contribution is 6.44. The van der Waals surface area contributed by atoms with Crippen molar-refractivity contribution in [2.24, 2.45) is 10.7 Å². The van der Waals surface area contributed by atoms with E-state index in [1.54, 1.807) is 0 Å². The molecule has 0 aliphatic carbocycles. The minimum Gasteiger partial charge on any atom is -0.461 e. The van der Waals surface area contributed by atoms with Gasteiger partial charge in [0.1, 0.15) is 24.1 Å². The van der Waals surface area contributed by atoms with E-state index in [1.165, 1.54) is 0 Å². The number of hydrogen-bond donors (Lipinski definition) is 2. The van der Waals surface area contributed by atoms with Crippen LogP contribution in [0.2, 0.25) is 0 Å². The number of alkyl halides is 4. The highest BCUT2D eigenvalue weighted by Crippen LogP contribution is 2.44. The van der Waals surface area contributed by atoms with Crippen molar-refractivity contribution in [3.05, 3.63) is 51.1 Å². The molecule has 5 aliphatic rings. The van der Waals surface area contributed by atoms with E-state index >= 15 is 4.39 Å². The Kier molecular flexibility index (Phi) is 9.61. The highest BCUT2D eigenvalue weighted by atomic mass is 35.5. The molecule has 3 saturated heterocycles. The number of nitrogens with zero attached hydrogens (tertiary/aromatic N) is 6. The van der Waals surface area contributed by atoms with Crippen LogP contribution in [0.5, 0.6) is 6.01 Å². The monoisotopic (exact) mass is 740 g/mol. The third kappa shape index (κ3) is 6.51. The van der Waals surface area contributed by atoms with Crippen LogP contribution in [0.1, 0.15) is 54.2 Å². The number of nitrogens with two attached hydrogens (primary N) is 2. The van der Waals surface area contributed by atoms with Crippen LogP contribution in [0.3, 0.4) is 0 Å². The minimum absolute atomic E-state index is 0.0147. The summed E-state index contributed by atoms with van der Waals surface area (Å²) in [6.45, 7) is 2.95. The molecule has 5 aliphatic heterocycles. The number of aliphatic imine (C=N–C) groups is 1. The molecular weight excluding hydrogens is 699 g/mol. The third-order valence-corrected chi connectivity index (χ3v) is 11.4. The second kappa shape index (κ2) is 13.6. The van der Waals surface area contributed by atoms with Gasteiger partial charge in [-0.25, -0.2) is 8.78 Å². The number of nitrogen functional groups attached to an aromatic ring is 1. The summed E-state index contributed by atoms with van der Waals surface area (Å²) < 4.78 is 90.0. The van der Waals surface area contributed by atoms with Crippen LogP contribution in [-0.2, 0) is 28.7 Å². The SMILES string of the molecule is CN(C)C1(/C(N)=C(\Cl)C2=NCCCN(c3nc(OC[C@@]45CCCN4C[C@H](F)C5)nc4c3CO[C@H](c3c(C(F)(F)F)ccc(N)c3F)C4)C2)COC1. The second-order valence-electron chi connectivity index (χ2n) is 14.3. The highest BCUT2D eigenvalue weighted by Gasteiger charge is 2.50. The fourth-order valence-corrected chi connectivity index (χ4v) is 8.27. The predicted molar refractivity (Wildman–Crippen MR) is 181 cm³/mol. The van der Waals surface area contributed by atoms with Crippen molar-refractivity contribution in [2.75, 3.05) is 77.3 Å². The van der Waals surface area contributed by atoms with Crippen molar-refractivity contribution < 1.29 is 36.2 Å². The lowest BCUT2D eigenvalue weighted by Crippen LogP contribution is -2.63. The largest absolute Gasteiger partial charge is 0.461 e. The van der Waals surface area contributed by atoms with Gasteiger partial charge in [-0.1, -0.05) is 11.6 Å². The molecule has 3 atom stereocenters. The molecule has 7 rings (SSSR count). The maximum Gasteiger partial charge on any atom is 0.416 e. The first-order valence-corrected chi connectivity index (χ1v) is 17.5. The summed E-state index contributed by atoms with van der Waals surface area (Å²) in [5.74, 6) is -0.758. The zero-order chi connectivity index (χ0) is 36.3. The van der Waals surface area contributed by atoms with Crippen molar-refractivity contribution in [1.29, 1.82) is 0 Å². The lowest BCUT2D eigenvalue weighted by Gasteiger charge is -2.47. The van der Waals surface area contributed by atoms with Crippen LogP contribution in [-0.4, -0.2) is 109 Å². The maximum atomic E-state index is 15.4. The lowest BCUT2D eigenvalue weighted by atomic mass is 9.90. The molecule has 0 unspecified atom stereocenters. The van der Waals surface area contributed by atoms with E-state index in [0.29, 0.717) is 79.2 Å². The Morgan fingerprint density at radius 1 is 1.18 bits per heavy atom. The van der Waals surface area contributed by atoms with Gasteiger partial charge in [0.15, 0.2) is 5.82 Å². The molecule has 11 nitrogen and oxygen atoms in total. The molecule has 3 fully saturated rings. The number of ether oxygens (including phenoxy) is 3. The lowest BCUT2D eigenvalue weighted by molar-refractivity contribution is -0.140. The van der Waals surface area contributed by atoms with Gasteiger partial charge in [0.25, 0.3) is 0 Å². The normalized spacial score (nSPS) is 27.0. The molecule has 1 aromatic carbocycles. The summed E-state index contributed by atoms with van der Waals surface area (Å²) in [7, 11) is 3.80. The van der Waals surface area contributed by atoms with E-state index in [4.69, 9.17) is 47.3 Å². The van der Waals surface area contributed by atoms with Crippen LogP contribution in [0.15, 0.2) is 27.9 Å². The number of hydrogen-bond acceptors (Lipinski definition) is 11. The standard InChI is InChI=1S/C34H42ClF5N8O3/c1-46(2)33(17-49-18-33)29(42)27(35)24-14-47(9-4-8-43-24)30-20-15-50-25(26-21(34(38,39)40)5-6-22(41)28(26)37)11-23(20)44-31(45-30)51-16-32-7-3-10-48(32)13-19(36)12-32/h5-6,19,25H,3-4,7-18,41-42H2,1-2H3/b29-27+/t19-,25+,32+/m1/s1. The van der Waals surface area contributed by atoms with Crippen LogP contribution in [0.4, 0.5) is 33.5 Å². The second-order valence-corrected chi connectivity index (χ2v) is 14.7. The fraction of sp³-hybridized carbons (Fsp3) is 0.618. The van der Waals surface area contributed by atoms with Crippen molar-refractivity contribution in [1.82, 2.24) is 19.8 Å². The maximum absolute atomic E-state index is 15.4. The first-order valence-electron chi connectivity index (χ1n) is 17.1. The van der Waals surface area contributed by atoms with Gasteiger partial charge in [0.2, 0.25) is 0 Å². The molecule has 0 amide bonds. The molecule has 0 bridgehead atoms. The number of halogens is 6. The van der Waals surface area contributed by atoms with E-state index < -0.39 is 52.2 Å². The summed E-state index contributed by atoms with van der Waals surface area (Å²) in [5, 5.41) is 0.314. The topological polar surface area (TPSA) is 128 Å². The smallest absolute Gasteiger partial charge is 0.416 e. The van der Waals surface area contributed by atoms with E-state index in [9.17, 15) is 17.6 Å². The van der Waals surface area contributed by atoms with Gasteiger partial charge >= 0.3 is 12.2 Å². The summed E-state index contributed by atoms with van der Waals surface area (Å²) in [6, 6.07) is 1.64. The minimum atomic E-state index is -4.85. The van der Waals surface area contributed by atoms with Gasteiger partial charge in [-0.3, -0.25) is 14.8 Å². The Morgan fingerprint density at radius 2 is 1.96 bits per heavy atom. The van der Waals surface area contributed by atoms with Crippen molar-refractivity contribution in [2.45, 2.75) is 68.2 Å². The average molecular weight is 741 g/mol. The quantitative estimate of drug-likeness (QED) is 0.298. The first-order chi connectivity index (χ1) is 24.2. The number of benzene rings is 1. The zero-order valence-electron chi connectivity index (χ0n) is 28.5. The number of rotatable bonds is 8. The molecule has 0 saturated carbocycles. The summed E-state index contributed by atoms with van der Waals surface area (Å²) >= 11 is 6.96. The Bertz CT molecular complexity index is 1740. The van der Waals surface area contributed by atoms with E-state index in [1.807, 2.05) is 23.9 Å². The first kappa shape index (κ1) is 36.1. The van der Waals surface area contributed by atoms with Gasteiger partial charge in [0.05, 0.1) is 71.4 Å². The molecule has 6 heterocycles. The van der Waals surface area contributed by atoms with Crippen molar-refractivity contribution in [3.63, 3.8) is 0 Å². The molecular formula is C34H42ClF5N8O3. The fourth-order valence-electron chi connectivity index (χ4n) is 7.98. The molecule has 51 heavy (non-hydrogen) atoms. The zero-order valence-corrected chi connectivity index (χ0v) is 29.3. The molecule has 0 spiro atoms. The third-order valence-electron chi connectivity index (χ3n) is 11.0. The molecule has 278 valence electrons. The molecule has 4 N–H and O–H groups in total. The van der Waals surface area contributed by atoms with Crippen LogP contribution in [0.25, 0.3) is 0 Å². The van der Waals surface area contributed by atoms with Crippen molar-refractivity contribution >= 4 is 28.8 Å². The number of anilines is 2. The van der Waals surface area contributed by atoms with Gasteiger partial charge in [0, 0.05) is 43.6 Å². The van der Waals surface area contributed by atoms with E-state index in [2.05, 4.69) is 9.88 Å². The summed E-state index contributed by atoms with van der Waals surface area (Å²) in [5.41, 5.74) is 10.9. The number of likely N-dealkylation sites (N-methyl/N-ethyl adjacent to an activating group) is 1. The average Bonchev–Trinajstić information content (AvgIpc) is 3.46. The van der Waals surface area contributed by atoms with E-state index in [-0.39, 0.29) is 32.2 Å². The molecule has 2 aromatic rings. The van der Waals surface area contributed by atoms with E-state index in [0.717, 1.165) is 31.5 Å². The Labute approximate surface area is 297 Å². The van der Waals surface area contributed by atoms with Crippen molar-refractivity contribution in [3.8, 4) is 6.01 Å². The van der Waals surface area contributed by atoms with Gasteiger partial charge < -0.3 is 30.6 Å². The number of aromatic nitrogens is 2. The van der Waals surface area contributed by atoms with Gasteiger partial charge in [-0.05, 0) is 52.0 Å².